The summed E-state index contributed by atoms with van der Waals surface area (Å²) in [5.41, 5.74) is 4.80. The Bertz CT molecular complexity index is 1200. The third-order valence-electron chi connectivity index (χ3n) is 7.58. The molecule has 0 N–H and O–H groups in total. The van der Waals surface area contributed by atoms with E-state index in [2.05, 4.69) is 5.16 Å². The number of piperidine rings is 1. The molecule has 3 aliphatic rings. The minimum Gasteiger partial charge on any atom is -0.445 e. The van der Waals surface area contributed by atoms with E-state index >= 15 is 0 Å². The number of hydrogen-bond acceptors (Lipinski definition) is 5. The molecule has 7 heteroatoms. The number of halogens is 1. The molecule has 182 valence electrons. The number of aromatic nitrogens is 1. The van der Waals surface area contributed by atoms with E-state index in [4.69, 9.17) is 25.6 Å². The van der Waals surface area contributed by atoms with Gasteiger partial charge in [-0.05, 0) is 49.8 Å². The number of hydrogen-bond donors (Lipinski definition) is 0. The first-order valence-electron chi connectivity index (χ1n) is 12.4. The molecule has 6 rings (SSSR count). The summed E-state index contributed by atoms with van der Waals surface area (Å²) in [6, 6.07) is 15.8. The highest BCUT2D eigenvalue weighted by atomic mass is 35.5. The normalized spacial score (nSPS) is 23.1. The van der Waals surface area contributed by atoms with Crippen LogP contribution in [-0.4, -0.2) is 34.8 Å². The highest BCUT2D eigenvalue weighted by Gasteiger charge is 2.48. The van der Waals surface area contributed by atoms with Crippen LogP contribution in [0.25, 0.3) is 11.3 Å². The van der Waals surface area contributed by atoms with Crippen molar-refractivity contribution in [3.63, 3.8) is 0 Å². The highest BCUT2D eigenvalue weighted by Crippen LogP contribution is 2.46. The molecular weight excluding hydrogens is 464 g/mol. The van der Waals surface area contributed by atoms with E-state index in [1.165, 1.54) is 0 Å². The zero-order valence-electron chi connectivity index (χ0n) is 19.8. The van der Waals surface area contributed by atoms with Gasteiger partial charge in [-0.2, -0.15) is 0 Å². The first-order valence-corrected chi connectivity index (χ1v) is 12.8. The molecule has 2 heterocycles. The van der Waals surface area contributed by atoms with Crippen molar-refractivity contribution in [3.8, 4) is 11.3 Å². The molecule has 3 aromatic rings. The number of nitrogens with zero attached hydrogens (tertiary/aromatic N) is 2. The molecule has 0 radical (unpaired) electrons. The lowest BCUT2D eigenvalue weighted by Gasteiger charge is -2.31. The first-order chi connectivity index (χ1) is 17.1. The Labute approximate surface area is 210 Å². The van der Waals surface area contributed by atoms with E-state index < -0.39 is 0 Å². The summed E-state index contributed by atoms with van der Waals surface area (Å²) in [7, 11) is 0. The molecule has 1 amide bonds. The predicted octanol–water partition coefficient (Wildman–Crippen LogP) is 6.50. The first kappa shape index (κ1) is 22.6. The van der Waals surface area contributed by atoms with Crippen LogP contribution in [-0.2, 0) is 22.7 Å². The van der Waals surface area contributed by atoms with Gasteiger partial charge in [0.25, 0.3) is 0 Å². The number of amides is 1. The van der Waals surface area contributed by atoms with Crippen LogP contribution >= 0.6 is 11.6 Å². The summed E-state index contributed by atoms with van der Waals surface area (Å²) in [6.45, 7) is 3.47. The lowest BCUT2D eigenvalue weighted by atomic mass is 10.00. The van der Waals surface area contributed by atoms with Gasteiger partial charge < -0.3 is 18.9 Å². The van der Waals surface area contributed by atoms with E-state index in [1.54, 1.807) is 0 Å². The molecule has 0 unspecified atom stereocenters. The van der Waals surface area contributed by atoms with E-state index in [1.807, 2.05) is 60.4 Å². The van der Waals surface area contributed by atoms with Gasteiger partial charge in [0.15, 0.2) is 0 Å². The predicted molar refractivity (Wildman–Crippen MR) is 132 cm³/mol. The summed E-state index contributed by atoms with van der Waals surface area (Å²) < 4.78 is 17.9. The fourth-order valence-corrected chi connectivity index (χ4v) is 5.89. The van der Waals surface area contributed by atoms with E-state index in [9.17, 15) is 4.79 Å². The van der Waals surface area contributed by atoms with Crippen molar-refractivity contribution in [2.24, 2.45) is 5.92 Å². The zero-order valence-corrected chi connectivity index (χ0v) is 20.5. The zero-order chi connectivity index (χ0) is 23.9. The largest absolute Gasteiger partial charge is 0.445 e. The topological polar surface area (TPSA) is 64.8 Å². The number of ether oxygens (including phenoxy) is 2. The molecule has 2 bridgehead atoms. The Kier molecular flexibility index (Phi) is 6.02. The van der Waals surface area contributed by atoms with Crippen molar-refractivity contribution in [2.75, 3.05) is 6.54 Å². The van der Waals surface area contributed by atoms with Gasteiger partial charge in [-0.1, -0.05) is 59.2 Å². The summed E-state index contributed by atoms with van der Waals surface area (Å²) in [5.74, 6) is 1.68. The molecule has 3 atom stereocenters. The third kappa shape index (κ3) is 4.45. The van der Waals surface area contributed by atoms with Crippen molar-refractivity contribution in [1.29, 1.82) is 0 Å². The molecular formula is C28H29ClN2O4. The van der Waals surface area contributed by atoms with Gasteiger partial charge in [0.05, 0.1) is 17.7 Å². The average Bonchev–Trinajstić information content (AvgIpc) is 3.31. The Morgan fingerprint density at radius 1 is 1.11 bits per heavy atom. The lowest BCUT2D eigenvalue weighted by molar-refractivity contribution is -0.0114. The van der Waals surface area contributed by atoms with E-state index in [-0.39, 0.29) is 18.2 Å². The number of carbonyl (C=O) groups excluding carboxylic acids is 1. The second-order valence-corrected chi connectivity index (χ2v) is 10.4. The summed E-state index contributed by atoms with van der Waals surface area (Å²) >= 11 is 6.56. The van der Waals surface area contributed by atoms with Gasteiger partial charge in [0, 0.05) is 35.5 Å². The molecule has 1 saturated heterocycles. The maximum atomic E-state index is 12.7. The van der Waals surface area contributed by atoms with Crippen molar-refractivity contribution in [2.45, 2.75) is 63.9 Å². The Hall–Kier alpha value is -2.83. The maximum Gasteiger partial charge on any atom is 0.410 e. The number of likely N-dealkylation sites (tertiary alicyclic amines) is 1. The molecule has 1 aliphatic heterocycles. The smallest absolute Gasteiger partial charge is 0.410 e. The molecule has 6 nitrogen and oxygen atoms in total. The monoisotopic (exact) mass is 492 g/mol. The molecule has 35 heavy (non-hydrogen) atoms. The van der Waals surface area contributed by atoms with Crippen molar-refractivity contribution < 1.29 is 18.8 Å². The summed E-state index contributed by atoms with van der Waals surface area (Å²) in [4.78, 5) is 14.6. The van der Waals surface area contributed by atoms with Crippen LogP contribution < -0.4 is 0 Å². The number of benzene rings is 2. The number of carbonyl (C=O) groups is 1. The van der Waals surface area contributed by atoms with E-state index in [0.29, 0.717) is 36.6 Å². The standard InChI is InChI=1S/C28H29ClN2O4/c1-17-6-5-9-23(29)25(17)26-22(27(35-30-26)19-10-11-19)16-33-24-13-21-12-20(24)14-31(21)28(32)34-15-18-7-3-2-4-8-18/h2-9,19-21,24H,10-16H2,1H3/t20-,21-,24+/m0/s1. The molecule has 2 aromatic carbocycles. The fourth-order valence-electron chi connectivity index (χ4n) is 5.58. The van der Waals surface area contributed by atoms with Gasteiger partial charge in [-0.25, -0.2) is 4.79 Å². The van der Waals surface area contributed by atoms with Crippen LogP contribution in [0.4, 0.5) is 4.79 Å². The molecule has 3 fully saturated rings. The van der Waals surface area contributed by atoms with Gasteiger partial charge >= 0.3 is 6.09 Å². The highest BCUT2D eigenvalue weighted by molar-refractivity contribution is 6.33. The Morgan fingerprint density at radius 3 is 2.66 bits per heavy atom. The van der Waals surface area contributed by atoms with E-state index in [0.717, 1.165) is 59.4 Å². The summed E-state index contributed by atoms with van der Waals surface area (Å²) in [5, 5.41) is 5.11. The quantitative estimate of drug-likeness (QED) is 0.377. The van der Waals surface area contributed by atoms with Crippen molar-refractivity contribution in [3.05, 3.63) is 76.0 Å². The maximum absolute atomic E-state index is 12.7. The van der Waals surface area contributed by atoms with Gasteiger partial charge in [-0.15, -0.1) is 0 Å². The number of aryl methyl sites for hydroxylation is 1. The Morgan fingerprint density at radius 2 is 1.94 bits per heavy atom. The SMILES string of the molecule is Cc1cccc(Cl)c1-c1noc(C2CC2)c1CO[C@@H]1C[C@@H]2C[C@H]1CN2C(=O)OCc1ccccc1. The second kappa shape index (κ2) is 9.32. The Balaban J connectivity index is 1.11. The fraction of sp³-hybridized carbons (Fsp3) is 0.429. The van der Waals surface area contributed by atoms with Crippen LogP contribution in [0.5, 0.6) is 0 Å². The average molecular weight is 493 g/mol. The second-order valence-electron chi connectivity index (χ2n) is 10.0. The van der Waals surface area contributed by atoms with Crippen LogP contribution in [0.15, 0.2) is 53.1 Å². The van der Waals surface area contributed by atoms with Gasteiger partial charge in [0.2, 0.25) is 0 Å². The van der Waals surface area contributed by atoms with Crippen LogP contribution in [0, 0.1) is 12.8 Å². The minimum atomic E-state index is -0.230. The van der Waals surface area contributed by atoms with Crippen LogP contribution in [0.1, 0.15) is 54.1 Å². The number of fused-ring (bicyclic) bond motifs is 2. The lowest BCUT2D eigenvalue weighted by Crippen LogP contribution is -2.42. The molecule has 2 aliphatic carbocycles. The summed E-state index contributed by atoms with van der Waals surface area (Å²) in [6.07, 6.45) is 3.91. The minimum absolute atomic E-state index is 0.111. The molecule has 0 spiro atoms. The molecule has 2 saturated carbocycles. The third-order valence-corrected chi connectivity index (χ3v) is 7.90. The van der Waals surface area contributed by atoms with Gasteiger partial charge in [-0.3, -0.25) is 0 Å². The van der Waals surface area contributed by atoms with Gasteiger partial charge in [0.1, 0.15) is 18.1 Å². The number of rotatable bonds is 7. The van der Waals surface area contributed by atoms with Crippen molar-refractivity contribution >= 4 is 17.7 Å². The molecule has 1 aromatic heterocycles. The van der Waals surface area contributed by atoms with Crippen molar-refractivity contribution in [1.82, 2.24) is 10.1 Å². The van der Waals surface area contributed by atoms with Crippen LogP contribution in [0.2, 0.25) is 5.02 Å². The van der Waals surface area contributed by atoms with Crippen LogP contribution in [0.3, 0.4) is 0 Å².